The fourth-order valence-electron chi connectivity index (χ4n) is 8.75. The fourth-order valence-corrected chi connectivity index (χ4v) is 8.75. The van der Waals surface area contributed by atoms with Gasteiger partial charge in [0.1, 0.15) is 12.7 Å². The SMILES string of the molecule is CCCCCCCC/C=C\CCCCCCCC(=O)OC[C@H]1OC[C@H](OC(=O)CCCCCCC/C=C\CCCCCCCC)[C@H]1OC(=O)CCCCCCC/C=C\CCCCCCCC. The van der Waals surface area contributed by atoms with Gasteiger partial charge in [-0.05, 0) is 96.3 Å². The number of allylic oxidation sites excluding steroid dienone is 6. The van der Waals surface area contributed by atoms with Crippen LogP contribution in [-0.4, -0.2) is 49.4 Å². The van der Waals surface area contributed by atoms with Crippen molar-refractivity contribution < 1.29 is 33.3 Å². The lowest BCUT2D eigenvalue weighted by Gasteiger charge is -2.23. The van der Waals surface area contributed by atoms with Gasteiger partial charge in [0, 0.05) is 19.3 Å². The normalized spacial score (nSPS) is 16.3. The lowest BCUT2D eigenvalue weighted by atomic mass is 10.1. The first-order chi connectivity index (χ1) is 32.5. The second kappa shape index (κ2) is 49.0. The van der Waals surface area contributed by atoms with E-state index in [1.165, 1.54) is 167 Å². The van der Waals surface area contributed by atoms with Crippen LogP contribution in [0.5, 0.6) is 0 Å². The molecule has 0 N–H and O–H groups in total. The number of esters is 3. The average Bonchev–Trinajstić information content (AvgIpc) is 3.68. The zero-order valence-electron chi connectivity index (χ0n) is 43.7. The molecule has 0 aliphatic carbocycles. The van der Waals surface area contributed by atoms with E-state index in [4.69, 9.17) is 18.9 Å². The van der Waals surface area contributed by atoms with Crippen molar-refractivity contribution in [3.8, 4) is 0 Å². The number of rotatable bonds is 49. The molecule has 0 aromatic heterocycles. The second-order valence-corrected chi connectivity index (χ2v) is 19.5. The van der Waals surface area contributed by atoms with Gasteiger partial charge >= 0.3 is 17.9 Å². The first kappa shape index (κ1) is 61.6. The van der Waals surface area contributed by atoms with Crippen molar-refractivity contribution in [2.24, 2.45) is 0 Å². The maximum atomic E-state index is 13.1. The summed E-state index contributed by atoms with van der Waals surface area (Å²) in [6.07, 6.45) is 59.7. The van der Waals surface area contributed by atoms with Crippen molar-refractivity contribution in [2.45, 2.75) is 309 Å². The van der Waals surface area contributed by atoms with Crippen LogP contribution in [0.1, 0.15) is 290 Å². The molecule has 0 saturated carbocycles. The van der Waals surface area contributed by atoms with Gasteiger partial charge in [-0.25, -0.2) is 0 Å². The third kappa shape index (κ3) is 40.6. The van der Waals surface area contributed by atoms with Crippen LogP contribution in [-0.2, 0) is 33.3 Å². The molecule has 1 rings (SSSR count). The molecule has 7 heteroatoms. The third-order valence-electron chi connectivity index (χ3n) is 13.1. The van der Waals surface area contributed by atoms with Crippen LogP contribution < -0.4 is 0 Å². The molecule has 0 amide bonds. The highest BCUT2D eigenvalue weighted by Crippen LogP contribution is 2.24. The molecule has 0 radical (unpaired) electrons. The van der Waals surface area contributed by atoms with Crippen molar-refractivity contribution in [1.82, 2.24) is 0 Å². The number of hydrogen-bond donors (Lipinski definition) is 0. The number of unbranched alkanes of at least 4 members (excludes halogenated alkanes) is 33. The largest absolute Gasteiger partial charge is 0.463 e. The van der Waals surface area contributed by atoms with Gasteiger partial charge in [-0.2, -0.15) is 0 Å². The molecule has 1 heterocycles. The molecule has 1 fully saturated rings. The van der Waals surface area contributed by atoms with E-state index in [0.29, 0.717) is 19.3 Å². The molecule has 0 aromatic carbocycles. The average molecular weight is 927 g/mol. The van der Waals surface area contributed by atoms with Crippen molar-refractivity contribution in [3.05, 3.63) is 36.5 Å². The zero-order chi connectivity index (χ0) is 47.6. The summed E-state index contributed by atoms with van der Waals surface area (Å²) in [7, 11) is 0. The quantitative estimate of drug-likeness (QED) is 0.0260. The first-order valence-corrected chi connectivity index (χ1v) is 28.6. The molecule has 0 aromatic rings. The Morgan fingerprint density at radius 1 is 0.379 bits per heavy atom. The van der Waals surface area contributed by atoms with E-state index < -0.39 is 18.3 Å². The molecule has 7 nitrogen and oxygen atoms in total. The Morgan fingerprint density at radius 2 is 0.667 bits per heavy atom. The van der Waals surface area contributed by atoms with E-state index in [0.717, 1.165) is 83.5 Å². The van der Waals surface area contributed by atoms with E-state index in [1.807, 2.05) is 0 Å². The van der Waals surface area contributed by atoms with Gasteiger partial charge in [0.25, 0.3) is 0 Å². The van der Waals surface area contributed by atoms with E-state index in [1.54, 1.807) is 0 Å². The standard InChI is InChI=1S/C59H106O7/c1-4-7-10-13-16-19-22-25-28-31-34-37-40-43-46-49-56(60)64-52-54-59(66-58(62)51-48-45-42-39-36-33-30-27-24-21-18-15-12-9-6-3)55(53-63-54)65-57(61)50-47-44-41-38-35-32-29-26-23-20-17-14-11-8-5-2/h25-30,54-55,59H,4-24,31-53H2,1-3H3/b28-25-,29-26-,30-27-/t54-,55+,59+/m1/s1. The third-order valence-corrected chi connectivity index (χ3v) is 13.1. The topological polar surface area (TPSA) is 88.1 Å². The Hall–Kier alpha value is -2.41. The van der Waals surface area contributed by atoms with Gasteiger partial charge in [-0.1, -0.05) is 211 Å². The Balaban J connectivity index is 2.40. The van der Waals surface area contributed by atoms with Crippen molar-refractivity contribution in [1.29, 1.82) is 0 Å². The monoisotopic (exact) mass is 927 g/mol. The van der Waals surface area contributed by atoms with Crippen LogP contribution in [0.25, 0.3) is 0 Å². The molecular weight excluding hydrogens is 821 g/mol. The van der Waals surface area contributed by atoms with Crippen LogP contribution in [0.4, 0.5) is 0 Å². The maximum absolute atomic E-state index is 13.1. The van der Waals surface area contributed by atoms with Gasteiger partial charge in [0.05, 0.1) is 6.61 Å². The lowest BCUT2D eigenvalue weighted by molar-refractivity contribution is -0.168. The number of carbonyl (C=O) groups excluding carboxylic acids is 3. The Labute approximate surface area is 408 Å². The smallest absolute Gasteiger partial charge is 0.306 e. The Kier molecular flexibility index (Phi) is 45.8. The van der Waals surface area contributed by atoms with E-state index in [2.05, 4.69) is 57.2 Å². The predicted octanol–water partition coefficient (Wildman–Crippen LogP) is 17.9. The van der Waals surface area contributed by atoms with E-state index >= 15 is 0 Å². The molecule has 0 bridgehead atoms. The fraction of sp³-hybridized carbons (Fsp3) is 0.847. The molecule has 0 unspecified atom stereocenters. The van der Waals surface area contributed by atoms with Crippen LogP contribution in [0.15, 0.2) is 36.5 Å². The number of ether oxygens (including phenoxy) is 4. The summed E-state index contributed by atoms with van der Waals surface area (Å²) in [5, 5.41) is 0. The molecule has 3 atom stereocenters. The summed E-state index contributed by atoms with van der Waals surface area (Å²) in [4.78, 5) is 38.8. The van der Waals surface area contributed by atoms with Crippen LogP contribution in [0.2, 0.25) is 0 Å². The Bertz CT molecular complexity index is 1180. The molecule has 1 saturated heterocycles. The molecule has 1 aliphatic heterocycles. The highest BCUT2D eigenvalue weighted by Gasteiger charge is 2.43. The van der Waals surface area contributed by atoms with Crippen LogP contribution >= 0.6 is 0 Å². The highest BCUT2D eigenvalue weighted by molar-refractivity contribution is 5.71. The minimum Gasteiger partial charge on any atom is -0.463 e. The summed E-state index contributed by atoms with van der Waals surface area (Å²) in [6, 6.07) is 0. The minimum absolute atomic E-state index is 0.0163. The first-order valence-electron chi connectivity index (χ1n) is 28.6. The second-order valence-electron chi connectivity index (χ2n) is 19.5. The summed E-state index contributed by atoms with van der Waals surface area (Å²) < 4.78 is 23.5. The highest BCUT2D eigenvalue weighted by atomic mass is 16.6. The summed E-state index contributed by atoms with van der Waals surface area (Å²) in [5.74, 6) is -0.869. The zero-order valence-corrected chi connectivity index (χ0v) is 43.7. The minimum atomic E-state index is -0.786. The van der Waals surface area contributed by atoms with E-state index in [9.17, 15) is 14.4 Å². The number of hydrogen-bond acceptors (Lipinski definition) is 7. The van der Waals surface area contributed by atoms with Gasteiger partial charge in [0.15, 0.2) is 12.2 Å². The number of carbonyl (C=O) groups is 3. The van der Waals surface area contributed by atoms with Gasteiger partial charge in [0.2, 0.25) is 0 Å². The predicted molar refractivity (Wildman–Crippen MR) is 279 cm³/mol. The summed E-state index contributed by atoms with van der Waals surface area (Å²) >= 11 is 0. The van der Waals surface area contributed by atoms with Crippen molar-refractivity contribution in [3.63, 3.8) is 0 Å². The molecule has 1 aliphatic rings. The molecule has 384 valence electrons. The lowest BCUT2D eigenvalue weighted by Crippen LogP contribution is -2.40. The molecule has 66 heavy (non-hydrogen) atoms. The maximum Gasteiger partial charge on any atom is 0.306 e. The van der Waals surface area contributed by atoms with Crippen LogP contribution in [0, 0.1) is 0 Å². The van der Waals surface area contributed by atoms with Crippen LogP contribution in [0.3, 0.4) is 0 Å². The van der Waals surface area contributed by atoms with Crippen molar-refractivity contribution >= 4 is 17.9 Å². The van der Waals surface area contributed by atoms with Gasteiger partial charge < -0.3 is 18.9 Å². The van der Waals surface area contributed by atoms with Gasteiger partial charge in [-0.15, -0.1) is 0 Å². The van der Waals surface area contributed by atoms with Crippen molar-refractivity contribution in [2.75, 3.05) is 13.2 Å². The summed E-state index contributed by atoms with van der Waals surface area (Å²) in [6.45, 7) is 6.90. The van der Waals surface area contributed by atoms with Gasteiger partial charge in [-0.3, -0.25) is 14.4 Å². The summed E-state index contributed by atoms with van der Waals surface area (Å²) in [5.41, 5.74) is 0. The molecular formula is C59H106O7. The molecule has 0 spiro atoms. The van der Waals surface area contributed by atoms with E-state index in [-0.39, 0.29) is 31.1 Å². The Morgan fingerprint density at radius 3 is 1.02 bits per heavy atom.